The zero-order valence-corrected chi connectivity index (χ0v) is 21.4. The Kier molecular flexibility index (Phi) is 8.31. The molecule has 0 spiro atoms. The topological polar surface area (TPSA) is 105 Å². The van der Waals surface area contributed by atoms with Crippen LogP contribution in [0.2, 0.25) is 0 Å². The molecule has 0 saturated heterocycles. The van der Waals surface area contributed by atoms with Crippen LogP contribution in [0.25, 0.3) is 6.08 Å². The fourth-order valence-electron chi connectivity index (χ4n) is 2.98. The number of carbonyl (C=O) groups is 1. The maximum Gasteiger partial charge on any atom is 0.339 e. The number of hydrogen-bond acceptors (Lipinski definition) is 6. The van der Waals surface area contributed by atoms with Crippen LogP contribution in [0.15, 0.2) is 77.2 Å². The van der Waals surface area contributed by atoms with Crippen LogP contribution in [-0.4, -0.2) is 20.9 Å². The van der Waals surface area contributed by atoms with E-state index in [0.717, 1.165) is 5.56 Å². The van der Waals surface area contributed by atoms with Gasteiger partial charge in [-0.15, -0.1) is 0 Å². The molecule has 0 aliphatic carbocycles. The SMILES string of the molecule is CCOc1cc(/C=C(\C#N)C(=O)Nc2ccccc2C)cc(I)c1OS(=O)(=O)c1ccccc1. The van der Waals surface area contributed by atoms with Gasteiger partial charge in [0, 0.05) is 5.69 Å². The van der Waals surface area contributed by atoms with Gasteiger partial charge in [-0.05, 0) is 84.0 Å². The van der Waals surface area contributed by atoms with Gasteiger partial charge in [0.2, 0.25) is 0 Å². The molecule has 7 nitrogen and oxygen atoms in total. The van der Waals surface area contributed by atoms with Gasteiger partial charge in [0.05, 0.1) is 10.2 Å². The molecule has 0 aliphatic heterocycles. The van der Waals surface area contributed by atoms with Gasteiger partial charge in [0.25, 0.3) is 5.91 Å². The van der Waals surface area contributed by atoms with Crippen LogP contribution < -0.4 is 14.2 Å². The minimum absolute atomic E-state index is 0.0110. The summed E-state index contributed by atoms with van der Waals surface area (Å²) >= 11 is 1.93. The van der Waals surface area contributed by atoms with E-state index in [-0.39, 0.29) is 28.6 Å². The number of benzene rings is 3. The number of amides is 1. The molecule has 1 N–H and O–H groups in total. The number of carbonyl (C=O) groups excluding carboxylic acids is 1. The molecule has 3 aromatic carbocycles. The second-order valence-corrected chi connectivity index (χ2v) is 9.76. The highest BCUT2D eigenvalue weighted by Gasteiger charge is 2.22. The number of para-hydroxylation sites is 1. The van der Waals surface area contributed by atoms with Crippen molar-refractivity contribution in [3.8, 4) is 17.6 Å². The van der Waals surface area contributed by atoms with Crippen molar-refractivity contribution in [1.82, 2.24) is 0 Å². The van der Waals surface area contributed by atoms with Gasteiger partial charge in [0.1, 0.15) is 16.5 Å². The molecule has 3 aromatic rings. The summed E-state index contributed by atoms with van der Waals surface area (Å²) in [5.74, 6) is -0.347. The van der Waals surface area contributed by atoms with Crippen LogP contribution in [-0.2, 0) is 14.9 Å². The Labute approximate surface area is 212 Å². The average Bonchev–Trinajstić information content (AvgIpc) is 2.82. The van der Waals surface area contributed by atoms with E-state index in [9.17, 15) is 18.5 Å². The molecule has 0 atom stereocenters. The fourth-order valence-corrected chi connectivity index (χ4v) is 4.84. The lowest BCUT2D eigenvalue weighted by Crippen LogP contribution is -2.14. The summed E-state index contributed by atoms with van der Waals surface area (Å²) in [5, 5.41) is 12.3. The van der Waals surface area contributed by atoms with Gasteiger partial charge in [-0.2, -0.15) is 13.7 Å². The highest BCUT2D eigenvalue weighted by molar-refractivity contribution is 14.1. The lowest BCUT2D eigenvalue weighted by atomic mass is 10.1. The second-order valence-electron chi connectivity index (χ2n) is 7.05. The molecule has 0 aromatic heterocycles. The van der Waals surface area contributed by atoms with Crippen molar-refractivity contribution in [3.05, 3.63) is 87.0 Å². The Morgan fingerprint density at radius 1 is 1.12 bits per heavy atom. The lowest BCUT2D eigenvalue weighted by molar-refractivity contribution is -0.112. The lowest BCUT2D eigenvalue weighted by Gasteiger charge is -2.15. The molecular weight excluding hydrogens is 567 g/mol. The smallest absolute Gasteiger partial charge is 0.339 e. The van der Waals surface area contributed by atoms with E-state index in [1.54, 1.807) is 43.3 Å². The van der Waals surface area contributed by atoms with E-state index in [0.29, 0.717) is 14.8 Å². The third-order valence-electron chi connectivity index (χ3n) is 4.63. The zero-order valence-electron chi connectivity index (χ0n) is 18.4. The highest BCUT2D eigenvalue weighted by atomic mass is 127. The van der Waals surface area contributed by atoms with E-state index in [1.165, 1.54) is 24.3 Å². The Morgan fingerprint density at radius 2 is 1.79 bits per heavy atom. The van der Waals surface area contributed by atoms with E-state index in [2.05, 4.69) is 5.32 Å². The van der Waals surface area contributed by atoms with Crippen LogP contribution in [0.4, 0.5) is 5.69 Å². The molecule has 0 aliphatic rings. The van der Waals surface area contributed by atoms with Crippen molar-refractivity contribution >= 4 is 50.4 Å². The number of ether oxygens (including phenoxy) is 1. The number of nitrogens with zero attached hydrogens (tertiary/aromatic N) is 1. The Hall–Kier alpha value is -3.36. The molecule has 0 unspecified atom stereocenters. The molecule has 0 radical (unpaired) electrons. The van der Waals surface area contributed by atoms with Crippen LogP contribution in [0.5, 0.6) is 11.5 Å². The Balaban J connectivity index is 1.95. The first-order chi connectivity index (χ1) is 16.2. The summed E-state index contributed by atoms with van der Waals surface area (Å²) in [5.41, 5.74) is 1.83. The van der Waals surface area contributed by atoms with Crippen molar-refractivity contribution in [1.29, 1.82) is 5.26 Å². The number of anilines is 1. The summed E-state index contributed by atoms with van der Waals surface area (Å²) in [6, 6.07) is 20.1. The molecule has 9 heteroatoms. The van der Waals surface area contributed by atoms with Crippen molar-refractivity contribution in [3.63, 3.8) is 0 Å². The van der Waals surface area contributed by atoms with Gasteiger partial charge in [-0.3, -0.25) is 4.79 Å². The van der Waals surface area contributed by atoms with Gasteiger partial charge < -0.3 is 14.2 Å². The fraction of sp³-hybridized carbons (Fsp3) is 0.120. The summed E-state index contributed by atoms with van der Waals surface area (Å²) in [6.45, 7) is 3.86. The summed E-state index contributed by atoms with van der Waals surface area (Å²) < 4.78 is 36.9. The predicted octanol–water partition coefficient (Wildman–Crippen LogP) is 5.31. The Morgan fingerprint density at radius 3 is 2.44 bits per heavy atom. The van der Waals surface area contributed by atoms with Crippen molar-refractivity contribution in [2.75, 3.05) is 11.9 Å². The molecule has 0 heterocycles. The summed E-state index contributed by atoms with van der Waals surface area (Å²) in [4.78, 5) is 12.7. The van der Waals surface area contributed by atoms with Crippen LogP contribution in [0.1, 0.15) is 18.1 Å². The first-order valence-electron chi connectivity index (χ1n) is 10.2. The predicted molar refractivity (Wildman–Crippen MR) is 138 cm³/mol. The molecular formula is C25H21IN2O5S. The second kappa shape index (κ2) is 11.2. The van der Waals surface area contributed by atoms with Crippen molar-refractivity contribution < 1.29 is 22.1 Å². The first-order valence-corrected chi connectivity index (χ1v) is 12.7. The molecule has 1 amide bonds. The van der Waals surface area contributed by atoms with Gasteiger partial charge >= 0.3 is 10.1 Å². The largest absolute Gasteiger partial charge is 0.490 e. The molecule has 0 fully saturated rings. The van der Waals surface area contributed by atoms with Crippen LogP contribution in [0.3, 0.4) is 0 Å². The van der Waals surface area contributed by atoms with E-state index in [1.807, 2.05) is 47.7 Å². The van der Waals surface area contributed by atoms with Gasteiger partial charge in [0.15, 0.2) is 11.5 Å². The standard InChI is InChI=1S/C25H21IN2O5S/c1-3-32-23-15-18(13-19(16-27)25(29)28-22-12-8-7-9-17(22)2)14-21(26)24(23)33-34(30,31)20-10-5-4-6-11-20/h4-15H,3H2,1-2H3,(H,28,29)/b19-13+. The highest BCUT2D eigenvalue weighted by Crippen LogP contribution is 2.37. The maximum absolute atomic E-state index is 12.7. The number of nitrogens with one attached hydrogen (secondary N) is 1. The number of rotatable bonds is 8. The molecule has 174 valence electrons. The molecule has 34 heavy (non-hydrogen) atoms. The number of aryl methyl sites for hydroxylation is 1. The third-order valence-corrected chi connectivity index (χ3v) is 6.66. The summed E-state index contributed by atoms with van der Waals surface area (Å²) in [7, 11) is -4.09. The van der Waals surface area contributed by atoms with Crippen molar-refractivity contribution in [2.24, 2.45) is 0 Å². The average molecular weight is 588 g/mol. The minimum Gasteiger partial charge on any atom is -0.490 e. The van der Waals surface area contributed by atoms with Gasteiger partial charge in [-0.25, -0.2) is 0 Å². The van der Waals surface area contributed by atoms with Crippen molar-refractivity contribution in [2.45, 2.75) is 18.7 Å². The Bertz CT molecular complexity index is 1380. The molecule has 3 rings (SSSR count). The van der Waals surface area contributed by atoms with E-state index in [4.69, 9.17) is 8.92 Å². The maximum atomic E-state index is 12.7. The van der Waals surface area contributed by atoms with Crippen LogP contribution >= 0.6 is 22.6 Å². The molecule has 0 bridgehead atoms. The quantitative estimate of drug-likeness (QED) is 0.166. The summed E-state index contributed by atoms with van der Waals surface area (Å²) in [6.07, 6.45) is 1.41. The third kappa shape index (κ3) is 6.15. The van der Waals surface area contributed by atoms with Crippen LogP contribution in [0, 0.1) is 21.8 Å². The van der Waals surface area contributed by atoms with E-state index < -0.39 is 16.0 Å². The normalized spacial score (nSPS) is 11.4. The number of hydrogen-bond donors (Lipinski definition) is 1. The minimum atomic E-state index is -4.09. The van der Waals surface area contributed by atoms with Gasteiger partial charge in [-0.1, -0.05) is 36.4 Å². The zero-order chi connectivity index (χ0) is 24.7. The number of halogens is 1. The van der Waals surface area contributed by atoms with E-state index >= 15 is 0 Å². The number of nitriles is 1. The monoisotopic (exact) mass is 588 g/mol. The first kappa shape index (κ1) is 25.3. The molecule has 0 saturated carbocycles.